The molecule has 0 N–H and O–H groups in total. The summed E-state index contributed by atoms with van der Waals surface area (Å²) in [6.07, 6.45) is -5.88. The minimum Gasteiger partial charge on any atom is -0.286 e. The maximum absolute atomic E-state index is 14.1. The summed E-state index contributed by atoms with van der Waals surface area (Å²) in [6, 6.07) is 10.8. The lowest BCUT2D eigenvalue weighted by Gasteiger charge is -2.29. The second kappa shape index (κ2) is 5.82. The molecular formula is C18H12F7N. The van der Waals surface area contributed by atoms with Gasteiger partial charge in [0.2, 0.25) is 0 Å². The van der Waals surface area contributed by atoms with Crippen LogP contribution in [0.25, 0.3) is 11.1 Å². The monoisotopic (exact) mass is 375 g/mol. The Kier molecular flexibility index (Phi) is 4.12. The summed E-state index contributed by atoms with van der Waals surface area (Å²) < 4.78 is 92.4. The van der Waals surface area contributed by atoms with Gasteiger partial charge in [-0.25, -0.2) is 0 Å². The number of hydrogen-bond acceptors (Lipinski definition) is 1. The molecule has 0 aliphatic heterocycles. The van der Waals surface area contributed by atoms with Gasteiger partial charge in [-0.1, -0.05) is 36.4 Å². The Bertz CT molecular complexity index is 881. The fourth-order valence-electron chi connectivity index (χ4n) is 3.05. The molecular weight excluding hydrogens is 363 g/mol. The summed E-state index contributed by atoms with van der Waals surface area (Å²) in [7, 11) is 0.761. The van der Waals surface area contributed by atoms with Crippen LogP contribution in [0, 0.1) is 0 Å². The van der Waals surface area contributed by atoms with E-state index in [9.17, 15) is 30.7 Å². The molecule has 0 saturated heterocycles. The standard InChI is InChI=1S/C18H12F7N/c1-26-15(16(19,20)17(21,22)18(23,24)25)12-7-6-11-8-10-4-2-3-5-13(10)14(11)9-12/h2-7,9H,8H2,1H3/b26-15-. The number of alkyl halides is 7. The van der Waals surface area contributed by atoms with Crippen molar-refractivity contribution in [2.45, 2.75) is 24.4 Å². The molecule has 3 rings (SSSR count). The molecule has 138 valence electrons. The highest BCUT2D eigenvalue weighted by Crippen LogP contribution is 2.48. The normalized spacial score (nSPS) is 15.0. The number of hydrogen-bond donors (Lipinski definition) is 0. The van der Waals surface area contributed by atoms with Gasteiger partial charge < -0.3 is 0 Å². The zero-order chi connectivity index (χ0) is 19.3. The first kappa shape index (κ1) is 18.4. The van der Waals surface area contributed by atoms with Crippen LogP contribution in [0.4, 0.5) is 30.7 Å². The molecule has 1 aliphatic rings. The summed E-state index contributed by atoms with van der Waals surface area (Å²) in [6.45, 7) is 0. The van der Waals surface area contributed by atoms with Crippen molar-refractivity contribution in [3.63, 3.8) is 0 Å². The predicted molar refractivity (Wildman–Crippen MR) is 83.1 cm³/mol. The molecule has 0 saturated carbocycles. The fourth-order valence-corrected chi connectivity index (χ4v) is 3.05. The summed E-state index contributed by atoms with van der Waals surface area (Å²) in [5, 5.41) is 0. The van der Waals surface area contributed by atoms with Crippen LogP contribution in [0.3, 0.4) is 0 Å². The van der Waals surface area contributed by atoms with Crippen molar-refractivity contribution in [2.75, 3.05) is 7.05 Å². The van der Waals surface area contributed by atoms with Gasteiger partial charge in [-0.2, -0.15) is 30.7 Å². The number of nitrogens with zero attached hydrogens (tertiary/aromatic N) is 1. The molecule has 8 heteroatoms. The third kappa shape index (κ3) is 2.59. The lowest BCUT2D eigenvalue weighted by Crippen LogP contribution is -2.56. The van der Waals surface area contributed by atoms with E-state index in [1.807, 2.05) is 6.07 Å². The van der Waals surface area contributed by atoms with E-state index in [0.29, 0.717) is 12.0 Å². The van der Waals surface area contributed by atoms with Crippen molar-refractivity contribution in [1.29, 1.82) is 0 Å². The smallest absolute Gasteiger partial charge is 0.286 e. The quantitative estimate of drug-likeness (QED) is 0.423. The van der Waals surface area contributed by atoms with Gasteiger partial charge in [0.25, 0.3) is 0 Å². The Morgan fingerprint density at radius 1 is 0.846 bits per heavy atom. The molecule has 0 spiro atoms. The average Bonchev–Trinajstić information content (AvgIpc) is 2.92. The second-order valence-corrected chi connectivity index (χ2v) is 5.92. The Hall–Kier alpha value is -2.38. The van der Waals surface area contributed by atoms with Crippen molar-refractivity contribution < 1.29 is 30.7 Å². The van der Waals surface area contributed by atoms with Crippen LogP contribution in [0.2, 0.25) is 0 Å². The van der Waals surface area contributed by atoms with E-state index in [0.717, 1.165) is 29.8 Å². The Morgan fingerprint density at radius 2 is 1.46 bits per heavy atom. The topological polar surface area (TPSA) is 12.4 Å². The van der Waals surface area contributed by atoms with E-state index >= 15 is 0 Å². The maximum Gasteiger partial charge on any atom is 0.460 e. The van der Waals surface area contributed by atoms with E-state index < -0.39 is 29.3 Å². The van der Waals surface area contributed by atoms with Crippen LogP contribution in [0.15, 0.2) is 47.5 Å². The largest absolute Gasteiger partial charge is 0.460 e. The van der Waals surface area contributed by atoms with Crippen molar-refractivity contribution in [2.24, 2.45) is 4.99 Å². The lowest BCUT2D eigenvalue weighted by atomic mass is 9.95. The van der Waals surface area contributed by atoms with Crippen LogP contribution >= 0.6 is 0 Å². The van der Waals surface area contributed by atoms with Crippen molar-refractivity contribution in [3.05, 3.63) is 59.2 Å². The first-order valence-corrected chi connectivity index (χ1v) is 7.52. The molecule has 0 amide bonds. The number of aliphatic imine (C=N–C) groups is 1. The van der Waals surface area contributed by atoms with Gasteiger partial charge in [0.1, 0.15) is 5.71 Å². The third-order valence-corrected chi connectivity index (χ3v) is 4.34. The first-order valence-electron chi connectivity index (χ1n) is 7.52. The van der Waals surface area contributed by atoms with Crippen molar-refractivity contribution >= 4 is 5.71 Å². The highest BCUT2D eigenvalue weighted by atomic mass is 19.4. The van der Waals surface area contributed by atoms with Crippen LogP contribution in [-0.4, -0.2) is 30.8 Å². The van der Waals surface area contributed by atoms with Crippen LogP contribution in [-0.2, 0) is 6.42 Å². The Labute approximate surface area is 144 Å². The van der Waals surface area contributed by atoms with Gasteiger partial charge >= 0.3 is 18.0 Å². The highest BCUT2D eigenvalue weighted by molar-refractivity contribution is 6.07. The number of benzene rings is 2. The molecule has 2 aromatic carbocycles. The van der Waals surface area contributed by atoms with Crippen molar-refractivity contribution in [3.8, 4) is 11.1 Å². The van der Waals surface area contributed by atoms with E-state index in [4.69, 9.17) is 0 Å². The molecule has 0 radical (unpaired) electrons. The van der Waals surface area contributed by atoms with Crippen molar-refractivity contribution in [1.82, 2.24) is 0 Å². The molecule has 2 aromatic rings. The molecule has 0 heterocycles. The van der Waals surface area contributed by atoms with Crippen LogP contribution < -0.4 is 0 Å². The zero-order valence-electron chi connectivity index (χ0n) is 13.3. The van der Waals surface area contributed by atoms with E-state index in [2.05, 4.69) is 4.99 Å². The molecule has 0 atom stereocenters. The second-order valence-electron chi connectivity index (χ2n) is 5.92. The van der Waals surface area contributed by atoms with Gasteiger partial charge in [-0.3, -0.25) is 4.99 Å². The van der Waals surface area contributed by atoms with Gasteiger partial charge in [-0.05, 0) is 34.7 Å². The average molecular weight is 375 g/mol. The summed E-state index contributed by atoms with van der Waals surface area (Å²) >= 11 is 0. The van der Waals surface area contributed by atoms with Gasteiger partial charge in [0.05, 0.1) is 0 Å². The third-order valence-electron chi connectivity index (χ3n) is 4.34. The molecule has 0 fully saturated rings. The number of halogens is 7. The van der Waals surface area contributed by atoms with Gasteiger partial charge in [0, 0.05) is 12.6 Å². The van der Waals surface area contributed by atoms with E-state index in [-0.39, 0.29) is 0 Å². The van der Waals surface area contributed by atoms with E-state index in [1.54, 1.807) is 18.2 Å². The molecule has 0 unspecified atom stereocenters. The first-order chi connectivity index (χ1) is 12.0. The van der Waals surface area contributed by atoms with Crippen LogP contribution in [0.5, 0.6) is 0 Å². The molecule has 26 heavy (non-hydrogen) atoms. The molecule has 0 bridgehead atoms. The Balaban J connectivity index is 2.10. The molecule has 1 aliphatic carbocycles. The SMILES string of the molecule is C/N=C(/c1ccc2c(c1)-c1ccccc1C2)C(F)(F)C(F)(F)C(F)(F)F. The summed E-state index contributed by atoms with van der Waals surface area (Å²) in [5.74, 6) is -11.8. The Morgan fingerprint density at radius 3 is 2.08 bits per heavy atom. The summed E-state index contributed by atoms with van der Waals surface area (Å²) in [5.41, 5.74) is 0.860. The highest BCUT2D eigenvalue weighted by Gasteiger charge is 2.74. The number of rotatable bonds is 3. The van der Waals surface area contributed by atoms with Crippen LogP contribution in [0.1, 0.15) is 16.7 Å². The number of fused-ring (bicyclic) bond motifs is 3. The van der Waals surface area contributed by atoms with Gasteiger partial charge in [0.15, 0.2) is 0 Å². The predicted octanol–water partition coefficient (Wildman–Crippen LogP) is 5.51. The minimum absolute atomic E-state index is 0.475. The maximum atomic E-state index is 14.1. The lowest BCUT2D eigenvalue weighted by molar-refractivity contribution is -0.336. The molecule has 0 aromatic heterocycles. The molecule has 1 nitrogen and oxygen atoms in total. The van der Waals surface area contributed by atoms with Gasteiger partial charge in [-0.15, -0.1) is 0 Å². The zero-order valence-corrected chi connectivity index (χ0v) is 13.3. The summed E-state index contributed by atoms with van der Waals surface area (Å²) in [4.78, 5) is 3.08. The minimum atomic E-state index is -6.41. The van der Waals surface area contributed by atoms with E-state index in [1.165, 1.54) is 12.1 Å². The fraction of sp³-hybridized carbons (Fsp3) is 0.278.